The second-order valence-electron chi connectivity index (χ2n) is 6.23. The summed E-state index contributed by atoms with van der Waals surface area (Å²) in [6, 6.07) is 11.2. The second-order valence-corrected chi connectivity index (χ2v) is 7.98. The highest BCUT2D eigenvalue weighted by molar-refractivity contribution is 14.0. The van der Waals surface area contributed by atoms with Gasteiger partial charge in [0.1, 0.15) is 6.10 Å². The molecule has 0 bridgehead atoms. The minimum absolute atomic E-state index is 0. The van der Waals surface area contributed by atoms with Crippen LogP contribution in [0.2, 0.25) is 4.34 Å². The first-order valence-electron chi connectivity index (χ1n) is 9.36. The number of nitrogens with one attached hydrogen (secondary N) is 3. The molecule has 0 aliphatic heterocycles. The van der Waals surface area contributed by atoms with Crippen molar-refractivity contribution in [3.63, 3.8) is 0 Å². The first kappa shape index (κ1) is 25.7. The van der Waals surface area contributed by atoms with E-state index in [0.717, 1.165) is 22.5 Å². The molecule has 160 valence electrons. The van der Waals surface area contributed by atoms with Gasteiger partial charge in [0.15, 0.2) is 5.96 Å². The molecule has 9 heteroatoms. The number of nitrogens with zero attached hydrogens (tertiary/aromatic N) is 1. The number of benzene rings is 1. The van der Waals surface area contributed by atoms with Crippen LogP contribution in [0, 0.1) is 0 Å². The lowest BCUT2D eigenvalue weighted by Crippen LogP contribution is -2.39. The van der Waals surface area contributed by atoms with Crippen molar-refractivity contribution in [2.45, 2.75) is 39.3 Å². The van der Waals surface area contributed by atoms with Gasteiger partial charge in [-0.15, -0.1) is 35.3 Å². The summed E-state index contributed by atoms with van der Waals surface area (Å²) in [5, 5.41) is 19.5. The smallest absolute Gasteiger partial charge is 0.224 e. The van der Waals surface area contributed by atoms with E-state index in [2.05, 4.69) is 20.9 Å². The molecule has 29 heavy (non-hydrogen) atoms. The summed E-state index contributed by atoms with van der Waals surface area (Å²) in [5.74, 6) is 0.630. The van der Waals surface area contributed by atoms with Crippen LogP contribution in [0.4, 0.5) is 5.69 Å². The standard InChI is InChI=1S/C20H27ClN4O2S.HI/c1-3-6-19(27)25-15-8-5-7-14(11-15)12-23-20(22-4-2)24-13-16(26)17-9-10-18(21)28-17;/h5,7-11,16,26H,3-4,6,12-13H2,1-2H3,(H,25,27)(H2,22,23,24);1H. The Kier molecular flexibility index (Phi) is 12.2. The first-order chi connectivity index (χ1) is 13.5. The van der Waals surface area contributed by atoms with Crippen LogP contribution in [0.3, 0.4) is 0 Å². The molecule has 1 aromatic carbocycles. The van der Waals surface area contributed by atoms with Crippen molar-refractivity contribution in [2.75, 3.05) is 18.4 Å². The number of hydrogen-bond donors (Lipinski definition) is 4. The van der Waals surface area contributed by atoms with Crippen LogP contribution < -0.4 is 16.0 Å². The lowest BCUT2D eigenvalue weighted by Gasteiger charge is -2.14. The number of hydrogen-bond acceptors (Lipinski definition) is 4. The van der Waals surface area contributed by atoms with Crippen LogP contribution in [0.5, 0.6) is 0 Å². The molecule has 1 amide bonds. The van der Waals surface area contributed by atoms with Crippen LogP contribution >= 0.6 is 46.9 Å². The second kappa shape index (κ2) is 13.8. The Labute approximate surface area is 198 Å². The molecule has 0 spiro atoms. The van der Waals surface area contributed by atoms with Gasteiger partial charge in [0.2, 0.25) is 5.91 Å². The van der Waals surface area contributed by atoms with Crippen molar-refractivity contribution in [1.29, 1.82) is 0 Å². The third-order valence-corrected chi connectivity index (χ3v) is 5.17. The number of anilines is 1. The fourth-order valence-electron chi connectivity index (χ4n) is 2.51. The molecule has 0 radical (unpaired) electrons. The van der Waals surface area contributed by atoms with Crippen LogP contribution in [0.25, 0.3) is 0 Å². The van der Waals surface area contributed by atoms with Gasteiger partial charge >= 0.3 is 0 Å². The largest absolute Gasteiger partial charge is 0.386 e. The topological polar surface area (TPSA) is 85.8 Å². The normalized spacial score (nSPS) is 12.1. The van der Waals surface area contributed by atoms with Crippen LogP contribution in [0.15, 0.2) is 41.4 Å². The van der Waals surface area contributed by atoms with Gasteiger partial charge in [0, 0.05) is 30.1 Å². The number of carbonyl (C=O) groups is 1. The van der Waals surface area contributed by atoms with E-state index >= 15 is 0 Å². The predicted molar refractivity (Wildman–Crippen MR) is 133 cm³/mol. The Hall–Kier alpha value is -1.36. The number of carbonyl (C=O) groups excluding carboxylic acids is 1. The zero-order valence-electron chi connectivity index (χ0n) is 16.6. The average molecular weight is 551 g/mol. The monoisotopic (exact) mass is 550 g/mol. The maximum absolute atomic E-state index is 11.8. The summed E-state index contributed by atoms with van der Waals surface area (Å²) in [6.07, 6.45) is 0.671. The summed E-state index contributed by atoms with van der Waals surface area (Å²) >= 11 is 7.28. The molecule has 0 saturated carbocycles. The van der Waals surface area contributed by atoms with Crippen molar-refractivity contribution in [3.8, 4) is 0 Å². The highest BCUT2D eigenvalue weighted by Crippen LogP contribution is 2.26. The third kappa shape index (κ3) is 9.33. The van der Waals surface area contributed by atoms with Gasteiger partial charge in [-0.1, -0.05) is 30.7 Å². The van der Waals surface area contributed by atoms with Gasteiger partial charge in [-0.05, 0) is 43.2 Å². The summed E-state index contributed by atoms with van der Waals surface area (Å²) in [6.45, 7) is 5.45. The molecule has 6 nitrogen and oxygen atoms in total. The van der Waals surface area contributed by atoms with E-state index < -0.39 is 6.10 Å². The van der Waals surface area contributed by atoms with Crippen LogP contribution in [-0.4, -0.2) is 30.1 Å². The van der Waals surface area contributed by atoms with Crippen LogP contribution in [-0.2, 0) is 11.3 Å². The fourth-order valence-corrected chi connectivity index (χ4v) is 3.56. The Morgan fingerprint density at radius 2 is 2.03 bits per heavy atom. The summed E-state index contributed by atoms with van der Waals surface area (Å²) in [4.78, 5) is 17.1. The number of aliphatic imine (C=N–C) groups is 1. The zero-order valence-corrected chi connectivity index (χ0v) is 20.5. The van der Waals surface area contributed by atoms with Crippen molar-refractivity contribution in [1.82, 2.24) is 10.6 Å². The average Bonchev–Trinajstić information content (AvgIpc) is 3.11. The van der Waals surface area contributed by atoms with E-state index in [0.29, 0.717) is 36.4 Å². The van der Waals surface area contributed by atoms with Gasteiger partial charge in [0.25, 0.3) is 0 Å². The van der Waals surface area contributed by atoms with Gasteiger partial charge < -0.3 is 21.1 Å². The number of aliphatic hydroxyl groups is 1. The highest BCUT2D eigenvalue weighted by Gasteiger charge is 2.11. The quantitative estimate of drug-likeness (QED) is 0.210. The van der Waals surface area contributed by atoms with E-state index in [9.17, 15) is 9.90 Å². The molecule has 0 aliphatic rings. The van der Waals surface area contributed by atoms with Crippen LogP contribution in [0.1, 0.15) is 43.2 Å². The van der Waals surface area contributed by atoms with E-state index in [-0.39, 0.29) is 29.9 Å². The molecule has 4 N–H and O–H groups in total. The SMILES string of the molecule is CCCC(=O)Nc1cccc(CN=C(NCC)NCC(O)c2ccc(Cl)s2)c1.I. The molecular formula is C20H28ClIN4O2S. The molecule has 2 aromatic rings. The Morgan fingerprint density at radius 3 is 2.69 bits per heavy atom. The molecule has 2 rings (SSSR count). The minimum atomic E-state index is -0.654. The van der Waals surface area contributed by atoms with Crippen molar-refractivity contribution in [2.24, 2.45) is 4.99 Å². The number of amides is 1. The molecule has 0 aliphatic carbocycles. The summed E-state index contributed by atoms with van der Waals surface area (Å²) in [7, 11) is 0. The number of halogens is 2. The van der Waals surface area contributed by atoms with Crippen molar-refractivity contribution >= 4 is 64.5 Å². The fraction of sp³-hybridized carbons (Fsp3) is 0.400. The minimum Gasteiger partial charge on any atom is -0.386 e. The number of rotatable bonds is 9. The molecule has 0 saturated heterocycles. The summed E-state index contributed by atoms with van der Waals surface area (Å²) in [5.41, 5.74) is 1.76. The predicted octanol–water partition coefficient (Wildman–Crippen LogP) is 4.55. The van der Waals surface area contributed by atoms with Crippen molar-refractivity contribution < 1.29 is 9.90 Å². The van der Waals surface area contributed by atoms with E-state index in [1.807, 2.05) is 44.2 Å². The van der Waals surface area contributed by atoms with Crippen molar-refractivity contribution in [3.05, 3.63) is 51.2 Å². The first-order valence-corrected chi connectivity index (χ1v) is 10.6. The number of guanidine groups is 1. The molecule has 1 heterocycles. The maximum atomic E-state index is 11.8. The van der Waals surface area contributed by atoms with Gasteiger partial charge in [-0.25, -0.2) is 4.99 Å². The molecule has 1 atom stereocenters. The molecule has 1 aromatic heterocycles. The molecular weight excluding hydrogens is 523 g/mol. The van der Waals surface area contributed by atoms with E-state index in [1.54, 1.807) is 6.07 Å². The molecule has 1 unspecified atom stereocenters. The molecule has 0 fully saturated rings. The third-order valence-electron chi connectivity index (χ3n) is 3.84. The summed E-state index contributed by atoms with van der Waals surface area (Å²) < 4.78 is 0.653. The number of aliphatic hydroxyl groups excluding tert-OH is 1. The van der Waals surface area contributed by atoms with Gasteiger partial charge in [-0.3, -0.25) is 4.79 Å². The Bertz CT molecular complexity index is 800. The Balaban J connectivity index is 0.00000420. The number of thiophene rings is 1. The van der Waals surface area contributed by atoms with E-state index in [4.69, 9.17) is 11.6 Å². The lowest BCUT2D eigenvalue weighted by atomic mass is 10.2. The maximum Gasteiger partial charge on any atom is 0.224 e. The zero-order chi connectivity index (χ0) is 20.4. The van der Waals surface area contributed by atoms with Gasteiger partial charge in [-0.2, -0.15) is 0 Å². The lowest BCUT2D eigenvalue weighted by molar-refractivity contribution is -0.116. The van der Waals surface area contributed by atoms with E-state index in [1.165, 1.54) is 11.3 Å². The Morgan fingerprint density at radius 1 is 1.24 bits per heavy atom. The van der Waals surface area contributed by atoms with Gasteiger partial charge in [0.05, 0.1) is 10.9 Å². The highest BCUT2D eigenvalue weighted by atomic mass is 127.